The molecule has 0 saturated carbocycles. The van der Waals surface area contributed by atoms with E-state index in [2.05, 4.69) is 15.5 Å². The molecule has 0 radical (unpaired) electrons. The number of hydrogen-bond acceptors (Lipinski definition) is 4. The molecule has 0 saturated heterocycles. The Bertz CT molecular complexity index is 721. The number of carbonyl (C=O) groups is 1. The minimum atomic E-state index is -0.707. The first-order valence-electron chi connectivity index (χ1n) is 7.01. The van der Waals surface area contributed by atoms with Gasteiger partial charge in [-0.05, 0) is 32.0 Å². The summed E-state index contributed by atoms with van der Waals surface area (Å²) in [6, 6.07) is 9.22. The predicted octanol–water partition coefficient (Wildman–Crippen LogP) is 1.92. The summed E-state index contributed by atoms with van der Waals surface area (Å²) in [7, 11) is 0. The van der Waals surface area contributed by atoms with Crippen LogP contribution in [-0.2, 0) is 4.79 Å². The van der Waals surface area contributed by atoms with Crippen molar-refractivity contribution in [3.05, 3.63) is 47.3 Å². The zero-order chi connectivity index (χ0) is 15.5. The Morgan fingerprint density at radius 3 is 2.86 bits per heavy atom. The average molecular weight is 299 g/mol. The predicted molar refractivity (Wildman–Crippen MR) is 82.4 cm³/mol. The number of aryl methyl sites for hydroxylation is 2. The van der Waals surface area contributed by atoms with E-state index in [-0.39, 0.29) is 12.5 Å². The summed E-state index contributed by atoms with van der Waals surface area (Å²) in [5.41, 5.74) is 5.46. The molecule has 0 unspecified atom stereocenters. The molecule has 0 aliphatic carbocycles. The Kier molecular flexibility index (Phi) is 3.82. The van der Waals surface area contributed by atoms with E-state index >= 15 is 0 Å². The van der Waals surface area contributed by atoms with Gasteiger partial charge in [0.2, 0.25) is 6.10 Å². The lowest BCUT2D eigenvalue weighted by Gasteiger charge is -2.24. The Hall–Kier alpha value is -2.76. The van der Waals surface area contributed by atoms with Crippen LogP contribution in [0.15, 0.2) is 35.4 Å². The SMILES string of the molecule is Cc1cc(/C=N/NC(=O)[C@H]2COc3ccccc3O2)c(C)[nH]1. The van der Waals surface area contributed by atoms with Crippen LogP contribution >= 0.6 is 0 Å². The van der Waals surface area contributed by atoms with Gasteiger partial charge in [-0.25, -0.2) is 5.43 Å². The highest BCUT2D eigenvalue weighted by Gasteiger charge is 2.26. The van der Waals surface area contributed by atoms with Crippen molar-refractivity contribution in [2.75, 3.05) is 6.61 Å². The first-order chi connectivity index (χ1) is 10.6. The van der Waals surface area contributed by atoms with Crippen LogP contribution in [0.2, 0.25) is 0 Å². The first-order valence-corrected chi connectivity index (χ1v) is 7.01. The third-order valence-electron chi connectivity index (χ3n) is 3.37. The van der Waals surface area contributed by atoms with Crippen LogP contribution < -0.4 is 14.9 Å². The summed E-state index contributed by atoms with van der Waals surface area (Å²) in [6.45, 7) is 4.08. The standard InChI is InChI=1S/C16H17N3O3/c1-10-7-12(11(2)18-10)8-17-19-16(20)15-9-21-13-5-3-4-6-14(13)22-15/h3-8,15,18H,9H2,1-2H3,(H,19,20)/b17-8+/t15-/m1/s1. The van der Waals surface area contributed by atoms with E-state index in [1.807, 2.05) is 32.0 Å². The third-order valence-corrected chi connectivity index (χ3v) is 3.37. The van der Waals surface area contributed by atoms with Gasteiger partial charge in [-0.1, -0.05) is 12.1 Å². The monoisotopic (exact) mass is 299 g/mol. The van der Waals surface area contributed by atoms with E-state index in [1.54, 1.807) is 18.3 Å². The number of para-hydroxylation sites is 2. The second-order valence-corrected chi connectivity index (χ2v) is 5.13. The molecular weight excluding hydrogens is 282 g/mol. The van der Waals surface area contributed by atoms with Crippen LogP contribution in [0.1, 0.15) is 17.0 Å². The molecule has 22 heavy (non-hydrogen) atoms. The van der Waals surface area contributed by atoms with Gasteiger partial charge in [0.15, 0.2) is 11.5 Å². The first kappa shape index (κ1) is 14.2. The van der Waals surface area contributed by atoms with Crippen molar-refractivity contribution in [2.45, 2.75) is 20.0 Å². The average Bonchev–Trinajstić information content (AvgIpc) is 2.84. The van der Waals surface area contributed by atoms with Crippen molar-refractivity contribution >= 4 is 12.1 Å². The Balaban J connectivity index is 1.60. The number of amides is 1. The van der Waals surface area contributed by atoms with Crippen LogP contribution in [0, 0.1) is 13.8 Å². The highest BCUT2D eigenvalue weighted by Crippen LogP contribution is 2.30. The summed E-state index contributed by atoms with van der Waals surface area (Å²) < 4.78 is 11.1. The van der Waals surface area contributed by atoms with Crippen LogP contribution in [0.4, 0.5) is 0 Å². The second kappa shape index (κ2) is 5.93. The largest absolute Gasteiger partial charge is 0.485 e. The maximum atomic E-state index is 12.1. The number of nitrogens with one attached hydrogen (secondary N) is 2. The van der Waals surface area contributed by atoms with E-state index < -0.39 is 6.10 Å². The topological polar surface area (TPSA) is 75.7 Å². The van der Waals surface area contributed by atoms with Crippen molar-refractivity contribution in [2.24, 2.45) is 5.10 Å². The molecular formula is C16H17N3O3. The molecule has 0 spiro atoms. The fraction of sp³-hybridized carbons (Fsp3) is 0.250. The number of aromatic nitrogens is 1. The summed E-state index contributed by atoms with van der Waals surface area (Å²) in [5, 5.41) is 3.97. The molecule has 1 aliphatic rings. The molecule has 0 fully saturated rings. The molecule has 1 aromatic carbocycles. The third kappa shape index (κ3) is 2.95. The normalized spacial score (nSPS) is 16.7. The van der Waals surface area contributed by atoms with Gasteiger partial charge in [0.25, 0.3) is 5.91 Å². The van der Waals surface area contributed by atoms with Crippen LogP contribution in [0.5, 0.6) is 11.5 Å². The lowest BCUT2D eigenvalue weighted by Crippen LogP contribution is -2.42. The number of fused-ring (bicyclic) bond motifs is 1. The van der Waals surface area contributed by atoms with Gasteiger partial charge >= 0.3 is 0 Å². The molecule has 1 aromatic heterocycles. The minimum absolute atomic E-state index is 0.167. The molecule has 2 aromatic rings. The molecule has 1 aliphatic heterocycles. The molecule has 3 rings (SSSR count). The van der Waals surface area contributed by atoms with Crippen molar-refractivity contribution in [1.29, 1.82) is 0 Å². The van der Waals surface area contributed by atoms with E-state index in [4.69, 9.17) is 9.47 Å². The number of rotatable bonds is 3. The number of hydrazone groups is 1. The molecule has 6 nitrogen and oxygen atoms in total. The van der Waals surface area contributed by atoms with Crippen molar-refractivity contribution < 1.29 is 14.3 Å². The number of nitrogens with zero attached hydrogens (tertiary/aromatic N) is 1. The van der Waals surface area contributed by atoms with E-state index in [0.717, 1.165) is 17.0 Å². The molecule has 1 atom stereocenters. The lowest BCUT2D eigenvalue weighted by atomic mass is 10.2. The fourth-order valence-electron chi connectivity index (χ4n) is 2.27. The van der Waals surface area contributed by atoms with Gasteiger partial charge in [0.05, 0.1) is 6.21 Å². The maximum absolute atomic E-state index is 12.1. The van der Waals surface area contributed by atoms with Gasteiger partial charge < -0.3 is 14.5 Å². The zero-order valence-corrected chi connectivity index (χ0v) is 12.4. The number of ether oxygens (including phenoxy) is 2. The Morgan fingerprint density at radius 2 is 2.14 bits per heavy atom. The Labute approximate surface area is 128 Å². The summed E-state index contributed by atoms with van der Waals surface area (Å²) in [4.78, 5) is 15.2. The number of carbonyl (C=O) groups excluding carboxylic acids is 1. The van der Waals surface area contributed by atoms with E-state index in [9.17, 15) is 4.79 Å². The maximum Gasteiger partial charge on any atom is 0.284 e. The number of hydrogen-bond donors (Lipinski definition) is 2. The van der Waals surface area contributed by atoms with Crippen LogP contribution in [0.3, 0.4) is 0 Å². The highest BCUT2D eigenvalue weighted by atomic mass is 16.6. The quantitative estimate of drug-likeness (QED) is 0.671. The summed E-state index contributed by atoms with van der Waals surface area (Å²) >= 11 is 0. The summed E-state index contributed by atoms with van der Waals surface area (Å²) in [5.74, 6) is 0.874. The Morgan fingerprint density at radius 1 is 1.36 bits per heavy atom. The van der Waals surface area contributed by atoms with Gasteiger partial charge in [0, 0.05) is 17.0 Å². The number of aromatic amines is 1. The van der Waals surface area contributed by atoms with Gasteiger partial charge in [0.1, 0.15) is 6.61 Å². The van der Waals surface area contributed by atoms with Crippen molar-refractivity contribution in [1.82, 2.24) is 10.4 Å². The van der Waals surface area contributed by atoms with Crippen LogP contribution in [0.25, 0.3) is 0 Å². The second-order valence-electron chi connectivity index (χ2n) is 5.13. The lowest BCUT2D eigenvalue weighted by molar-refractivity contribution is -0.130. The van der Waals surface area contributed by atoms with Gasteiger partial charge in [-0.2, -0.15) is 5.10 Å². The summed E-state index contributed by atoms with van der Waals surface area (Å²) in [6.07, 6.45) is 0.898. The smallest absolute Gasteiger partial charge is 0.284 e. The molecule has 114 valence electrons. The van der Waals surface area contributed by atoms with E-state index in [0.29, 0.717) is 11.5 Å². The molecule has 2 heterocycles. The van der Waals surface area contributed by atoms with Crippen molar-refractivity contribution in [3.8, 4) is 11.5 Å². The fourth-order valence-corrected chi connectivity index (χ4v) is 2.27. The molecule has 2 N–H and O–H groups in total. The number of H-pyrrole nitrogens is 1. The molecule has 0 bridgehead atoms. The zero-order valence-electron chi connectivity index (χ0n) is 12.4. The van der Waals surface area contributed by atoms with E-state index in [1.165, 1.54) is 0 Å². The highest BCUT2D eigenvalue weighted by molar-refractivity contribution is 5.85. The van der Waals surface area contributed by atoms with Gasteiger partial charge in [-0.3, -0.25) is 4.79 Å². The molecule has 6 heteroatoms. The van der Waals surface area contributed by atoms with Crippen molar-refractivity contribution in [3.63, 3.8) is 0 Å². The van der Waals surface area contributed by atoms with Gasteiger partial charge in [-0.15, -0.1) is 0 Å². The minimum Gasteiger partial charge on any atom is -0.485 e. The number of benzene rings is 1. The molecule has 1 amide bonds. The van der Waals surface area contributed by atoms with Crippen LogP contribution in [-0.4, -0.2) is 29.8 Å².